The van der Waals surface area contributed by atoms with Crippen molar-refractivity contribution in [2.45, 2.75) is 18.2 Å². The van der Waals surface area contributed by atoms with Gasteiger partial charge in [-0.25, -0.2) is 18.1 Å². The zero-order chi connectivity index (χ0) is 15.6. The van der Waals surface area contributed by atoms with Crippen molar-refractivity contribution in [1.29, 1.82) is 0 Å². The van der Waals surface area contributed by atoms with Crippen molar-refractivity contribution in [1.82, 2.24) is 19.5 Å². The first-order valence-corrected chi connectivity index (χ1v) is 8.05. The second kappa shape index (κ2) is 6.00. The molecule has 3 N–H and O–H groups in total. The van der Waals surface area contributed by atoms with E-state index in [-0.39, 0.29) is 22.3 Å². The molecule has 2 aromatic heterocycles. The van der Waals surface area contributed by atoms with Gasteiger partial charge in [-0.1, -0.05) is 11.6 Å². The number of aryl methyl sites for hydroxylation is 1. The number of nitrogens with two attached hydrogens (primary N) is 1. The SMILES string of the molecule is Cc1c(CCNS(=O)(=O)c2cc(Cl)cnc2N)cnn1C. The van der Waals surface area contributed by atoms with Crippen LogP contribution < -0.4 is 10.5 Å². The Morgan fingerprint density at radius 3 is 2.76 bits per heavy atom. The molecule has 2 heterocycles. The van der Waals surface area contributed by atoms with Gasteiger partial charge in [0.2, 0.25) is 10.0 Å². The lowest BCUT2D eigenvalue weighted by molar-refractivity contribution is 0.581. The summed E-state index contributed by atoms with van der Waals surface area (Å²) in [5.41, 5.74) is 7.57. The smallest absolute Gasteiger partial charge is 0.244 e. The Morgan fingerprint density at radius 2 is 2.14 bits per heavy atom. The summed E-state index contributed by atoms with van der Waals surface area (Å²) in [7, 11) is -1.90. The van der Waals surface area contributed by atoms with Gasteiger partial charge in [0.15, 0.2) is 0 Å². The number of anilines is 1. The zero-order valence-corrected chi connectivity index (χ0v) is 13.2. The van der Waals surface area contributed by atoms with Gasteiger partial charge < -0.3 is 5.73 Å². The van der Waals surface area contributed by atoms with Crippen molar-refractivity contribution in [3.8, 4) is 0 Å². The second-order valence-corrected chi connectivity index (χ2v) is 6.74. The number of pyridine rings is 1. The van der Waals surface area contributed by atoms with E-state index in [1.165, 1.54) is 12.3 Å². The molecule has 21 heavy (non-hydrogen) atoms. The summed E-state index contributed by atoms with van der Waals surface area (Å²) in [4.78, 5) is 3.63. The molecule has 114 valence electrons. The van der Waals surface area contributed by atoms with Crippen LogP contribution in [0.5, 0.6) is 0 Å². The van der Waals surface area contributed by atoms with Crippen LogP contribution in [0.1, 0.15) is 11.3 Å². The number of rotatable bonds is 5. The van der Waals surface area contributed by atoms with Gasteiger partial charge in [-0.15, -0.1) is 0 Å². The van der Waals surface area contributed by atoms with Crippen molar-refractivity contribution in [3.63, 3.8) is 0 Å². The van der Waals surface area contributed by atoms with Crippen LogP contribution in [0.3, 0.4) is 0 Å². The van der Waals surface area contributed by atoms with Crippen LogP contribution in [-0.2, 0) is 23.5 Å². The lowest BCUT2D eigenvalue weighted by Gasteiger charge is -2.08. The van der Waals surface area contributed by atoms with Gasteiger partial charge in [0, 0.05) is 25.5 Å². The van der Waals surface area contributed by atoms with Gasteiger partial charge in [0.05, 0.1) is 11.2 Å². The molecule has 0 fully saturated rings. The van der Waals surface area contributed by atoms with E-state index in [1.807, 2.05) is 14.0 Å². The highest BCUT2D eigenvalue weighted by Gasteiger charge is 2.18. The fraction of sp³-hybridized carbons (Fsp3) is 0.333. The molecule has 0 unspecified atom stereocenters. The van der Waals surface area contributed by atoms with Crippen molar-refractivity contribution >= 4 is 27.4 Å². The Morgan fingerprint density at radius 1 is 1.43 bits per heavy atom. The Labute approximate surface area is 128 Å². The highest BCUT2D eigenvalue weighted by atomic mass is 35.5. The molecule has 0 spiro atoms. The van der Waals surface area contributed by atoms with E-state index in [1.54, 1.807) is 10.9 Å². The fourth-order valence-electron chi connectivity index (χ4n) is 1.83. The van der Waals surface area contributed by atoms with E-state index in [2.05, 4.69) is 14.8 Å². The quantitative estimate of drug-likeness (QED) is 0.847. The number of nitrogen functional groups attached to an aromatic ring is 1. The molecule has 0 amide bonds. The largest absolute Gasteiger partial charge is 0.383 e. The molecule has 0 atom stereocenters. The Bertz CT molecular complexity index is 757. The second-order valence-electron chi connectivity index (χ2n) is 4.56. The van der Waals surface area contributed by atoms with Crippen molar-refractivity contribution in [2.24, 2.45) is 7.05 Å². The predicted molar refractivity (Wildman–Crippen MR) is 80.5 cm³/mol. The lowest BCUT2D eigenvalue weighted by Crippen LogP contribution is -2.27. The molecule has 0 aromatic carbocycles. The van der Waals surface area contributed by atoms with E-state index in [0.29, 0.717) is 6.42 Å². The maximum atomic E-state index is 12.2. The Kier molecular flexibility index (Phi) is 4.50. The van der Waals surface area contributed by atoms with Crippen LogP contribution in [0, 0.1) is 6.92 Å². The first-order valence-electron chi connectivity index (χ1n) is 6.19. The molecule has 0 radical (unpaired) electrons. The van der Waals surface area contributed by atoms with Crippen molar-refractivity contribution in [3.05, 3.63) is 34.7 Å². The first kappa shape index (κ1) is 15.7. The number of nitrogens with one attached hydrogen (secondary N) is 1. The third-order valence-electron chi connectivity index (χ3n) is 3.16. The normalized spacial score (nSPS) is 11.8. The number of hydrogen-bond acceptors (Lipinski definition) is 5. The van der Waals surface area contributed by atoms with Gasteiger partial charge in [-0.05, 0) is 25.0 Å². The molecule has 0 saturated carbocycles. The minimum Gasteiger partial charge on any atom is -0.383 e. The minimum absolute atomic E-state index is 0.0792. The number of sulfonamides is 1. The van der Waals surface area contributed by atoms with E-state index in [9.17, 15) is 8.42 Å². The zero-order valence-electron chi connectivity index (χ0n) is 11.7. The minimum atomic E-state index is -3.74. The summed E-state index contributed by atoms with van der Waals surface area (Å²) in [6.45, 7) is 2.16. The van der Waals surface area contributed by atoms with Gasteiger partial charge in [-0.3, -0.25) is 4.68 Å². The molecule has 0 aliphatic carbocycles. The van der Waals surface area contributed by atoms with Crippen LogP contribution in [0.4, 0.5) is 5.82 Å². The van der Waals surface area contributed by atoms with Gasteiger partial charge >= 0.3 is 0 Å². The van der Waals surface area contributed by atoms with E-state index >= 15 is 0 Å². The molecule has 0 saturated heterocycles. The van der Waals surface area contributed by atoms with Crippen molar-refractivity contribution < 1.29 is 8.42 Å². The van der Waals surface area contributed by atoms with Crippen LogP contribution >= 0.6 is 11.6 Å². The summed E-state index contributed by atoms with van der Waals surface area (Å²) < 4.78 is 28.6. The number of nitrogens with zero attached hydrogens (tertiary/aromatic N) is 3. The third kappa shape index (κ3) is 3.52. The number of aromatic nitrogens is 3. The van der Waals surface area contributed by atoms with E-state index in [4.69, 9.17) is 17.3 Å². The van der Waals surface area contributed by atoms with Crippen LogP contribution in [0.2, 0.25) is 5.02 Å². The summed E-state index contributed by atoms with van der Waals surface area (Å²) >= 11 is 5.76. The van der Waals surface area contributed by atoms with Crippen molar-refractivity contribution in [2.75, 3.05) is 12.3 Å². The molecule has 7 nitrogen and oxygen atoms in total. The Balaban J connectivity index is 2.08. The fourth-order valence-corrected chi connectivity index (χ4v) is 3.19. The first-order chi connectivity index (χ1) is 9.81. The van der Waals surface area contributed by atoms with Gasteiger partial charge in [-0.2, -0.15) is 5.10 Å². The molecule has 2 rings (SSSR count). The monoisotopic (exact) mass is 329 g/mol. The third-order valence-corrected chi connectivity index (χ3v) is 4.86. The molecule has 0 bridgehead atoms. The molecule has 0 aliphatic rings. The van der Waals surface area contributed by atoms with E-state index < -0.39 is 10.0 Å². The summed E-state index contributed by atoms with van der Waals surface area (Å²) in [6.07, 6.45) is 3.56. The molecular formula is C12H16ClN5O2S. The van der Waals surface area contributed by atoms with Gasteiger partial charge in [0.25, 0.3) is 0 Å². The molecule has 0 aliphatic heterocycles. The molecule has 2 aromatic rings. The maximum Gasteiger partial charge on any atom is 0.244 e. The highest BCUT2D eigenvalue weighted by Crippen LogP contribution is 2.19. The van der Waals surface area contributed by atoms with E-state index in [0.717, 1.165) is 11.3 Å². The average molecular weight is 330 g/mol. The van der Waals surface area contributed by atoms with Crippen LogP contribution in [0.15, 0.2) is 23.4 Å². The predicted octanol–water partition coefficient (Wildman–Crippen LogP) is 0.880. The van der Waals surface area contributed by atoms with Crippen LogP contribution in [-0.4, -0.2) is 29.7 Å². The van der Waals surface area contributed by atoms with Crippen LogP contribution in [0.25, 0.3) is 0 Å². The summed E-state index contributed by atoms with van der Waals surface area (Å²) in [5.74, 6) is -0.0792. The lowest BCUT2D eigenvalue weighted by atomic mass is 10.2. The summed E-state index contributed by atoms with van der Waals surface area (Å²) in [6, 6.07) is 1.28. The topological polar surface area (TPSA) is 103 Å². The summed E-state index contributed by atoms with van der Waals surface area (Å²) in [5, 5.41) is 4.32. The molecular weight excluding hydrogens is 314 g/mol. The number of halogens is 1. The molecule has 9 heteroatoms. The van der Waals surface area contributed by atoms with Gasteiger partial charge in [0.1, 0.15) is 10.7 Å². The standard InChI is InChI=1S/C12H16ClN5O2S/c1-8-9(6-16-18(8)2)3-4-17-21(19,20)11-5-10(13)7-15-12(11)14/h5-7,17H,3-4H2,1-2H3,(H2,14,15). The maximum absolute atomic E-state index is 12.2. The number of hydrogen-bond donors (Lipinski definition) is 2. The average Bonchev–Trinajstić information content (AvgIpc) is 2.73. The highest BCUT2D eigenvalue weighted by molar-refractivity contribution is 7.89. The Hall–Kier alpha value is -1.64.